The molecule has 0 radical (unpaired) electrons. The zero-order valence-corrected chi connectivity index (χ0v) is 11.1. The fourth-order valence-electron chi connectivity index (χ4n) is 2.26. The summed E-state index contributed by atoms with van der Waals surface area (Å²) in [5.74, 6) is -0.0680. The van der Waals surface area contributed by atoms with Crippen LogP contribution in [0.3, 0.4) is 0 Å². The molecule has 1 unspecified atom stereocenters. The van der Waals surface area contributed by atoms with Crippen LogP contribution in [0.1, 0.15) is 59.8 Å². The van der Waals surface area contributed by atoms with Crippen LogP contribution in [0.4, 0.5) is 0 Å². The molecule has 0 aromatic rings. The van der Waals surface area contributed by atoms with E-state index in [9.17, 15) is 4.79 Å². The maximum Gasteiger partial charge on any atom is 0.326 e. The summed E-state index contributed by atoms with van der Waals surface area (Å²) in [5, 5.41) is 3.38. The molecule has 0 aromatic carbocycles. The Balaban J connectivity index is 2.72. The van der Waals surface area contributed by atoms with Crippen LogP contribution in [0.15, 0.2) is 0 Å². The van der Waals surface area contributed by atoms with Crippen molar-refractivity contribution in [3.63, 3.8) is 0 Å². The van der Waals surface area contributed by atoms with Gasteiger partial charge in [0, 0.05) is 0 Å². The third-order valence-electron chi connectivity index (χ3n) is 2.96. The summed E-state index contributed by atoms with van der Waals surface area (Å²) in [7, 11) is 0. The summed E-state index contributed by atoms with van der Waals surface area (Å²) in [4.78, 5) is 12.2. The van der Waals surface area contributed by atoms with E-state index in [-0.39, 0.29) is 5.97 Å². The molecule has 3 heteroatoms. The average Bonchev–Trinajstić information content (AvgIpc) is 2.17. The van der Waals surface area contributed by atoms with Gasteiger partial charge < -0.3 is 10.1 Å². The molecule has 3 nitrogen and oxygen atoms in total. The van der Waals surface area contributed by atoms with Gasteiger partial charge in [-0.2, -0.15) is 0 Å². The van der Waals surface area contributed by atoms with E-state index in [0.29, 0.717) is 0 Å². The first-order valence-electron chi connectivity index (χ1n) is 6.38. The molecule has 0 aromatic heterocycles. The minimum atomic E-state index is -0.416. The Morgan fingerprint density at radius 3 is 2.50 bits per heavy atom. The Bertz CT molecular complexity index is 231. The zero-order chi connectivity index (χ0) is 12.2. The number of hydrogen-bond donors (Lipinski definition) is 1. The van der Waals surface area contributed by atoms with Crippen LogP contribution in [0.25, 0.3) is 0 Å². The number of esters is 1. The van der Waals surface area contributed by atoms with E-state index in [4.69, 9.17) is 4.74 Å². The Kier molecular flexibility index (Phi) is 4.36. The van der Waals surface area contributed by atoms with Crippen LogP contribution in [0.5, 0.6) is 0 Å². The van der Waals surface area contributed by atoms with Crippen molar-refractivity contribution >= 4 is 5.97 Å². The first-order valence-corrected chi connectivity index (χ1v) is 6.38. The molecule has 0 saturated carbocycles. The van der Waals surface area contributed by atoms with Crippen LogP contribution in [0, 0.1) is 0 Å². The van der Waals surface area contributed by atoms with Crippen LogP contribution in [-0.2, 0) is 9.53 Å². The van der Waals surface area contributed by atoms with Gasteiger partial charge in [0.25, 0.3) is 0 Å². The normalized spacial score (nSPS) is 26.5. The molecule has 1 fully saturated rings. The number of piperidine rings is 1. The van der Waals surface area contributed by atoms with E-state index < -0.39 is 11.1 Å². The van der Waals surface area contributed by atoms with E-state index in [0.717, 1.165) is 38.6 Å². The zero-order valence-electron chi connectivity index (χ0n) is 11.1. The third-order valence-corrected chi connectivity index (χ3v) is 2.96. The van der Waals surface area contributed by atoms with Crippen molar-refractivity contribution in [2.45, 2.75) is 70.9 Å². The van der Waals surface area contributed by atoms with Gasteiger partial charge in [0.15, 0.2) is 0 Å². The molecule has 0 aliphatic carbocycles. The third kappa shape index (κ3) is 3.48. The van der Waals surface area contributed by atoms with Crippen LogP contribution >= 0.6 is 0 Å². The molecule has 1 heterocycles. The van der Waals surface area contributed by atoms with Gasteiger partial charge >= 0.3 is 5.97 Å². The standard InChI is InChI=1S/C13H25NO2/c1-5-8-13(9-6-7-10-14-13)11(15)16-12(2,3)4/h14H,5-10H2,1-4H3. The topological polar surface area (TPSA) is 38.3 Å². The lowest BCUT2D eigenvalue weighted by atomic mass is 9.84. The molecule has 1 aliphatic heterocycles. The number of carbonyl (C=O) groups is 1. The molecule has 94 valence electrons. The molecular weight excluding hydrogens is 202 g/mol. The molecule has 0 amide bonds. The Morgan fingerprint density at radius 1 is 1.38 bits per heavy atom. The second-order valence-electron chi connectivity index (χ2n) is 5.72. The highest BCUT2D eigenvalue weighted by atomic mass is 16.6. The van der Waals surface area contributed by atoms with E-state index in [1.807, 2.05) is 20.8 Å². The predicted octanol–water partition coefficient (Wildman–Crippen LogP) is 2.64. The maximum absolute atomic E-state index is 12.2. The quantitative estimate of drug-likeness (QED) is 0.753. The van der Waals surface area contributed by atoms with Gasteiger partial charge in [-0.1, -0.05) is 13.3 Å². The van der Waals surface area contributed by atoms with Crippen molar-refractivity contribution in [2.24, 2.45) is 0 Å². The maximum atomic E-state index is 12.2. The molecule has 1 saturated heterocycles. The summed E-state index contributed by atoms with van der Waals surface area (Å²) >= 11 is 0. The minimum Gasteiger partial charge on any atom is -0.459 e. The second kappa shape index (κ2) is 5.17. The lowest BCUT2D eigenvalue weighted by Gasteiger charge is -2.38. The number of carbonyl (C=O) groups excluding carboxylic acids is 1. The monoisotopic (exact) mass is 227 g/mol. The van der Waals surface area contributed by atoms with Gasteiger partial charge in [-0.3, -0.25) is 4.79 Å². The highest BCUT2D eigenvalue weighted by molar-refractivity contribution is 5.81. The fraction of sp³-hybridized carbons (Fsp3) is 0.923. The van der Waals surface area contributed by atoms with Gasteiger partial charge in [-0.25, -0.2) is 0 Å². The molecule has 16 heavy (non-hydrogen) atoms. The molecule has 1 aliphatic rings. The molecule has 1 N–H and O–H groups in total. The molecule has 0 bridgehead atoms. The largest absolute Gasteiger partial charge is 0.459 e. The van der Waals surface area contributed by atoms with E-state index in [2.05, 4.69) is 12.2 Å². The molecular formula is C13H25NO2. The van der Waals surface area contributed by atoms with Gasteiger partial charge in [0.05, 0.1) is 0 Å². The first kappa shape index (κ1) is 13.5. The summed E-state index contributed by atoms with van der Waals surface area (Å²) in [6, 6.07) is 0. The van der Waals surface area contributed by atoms with E-state index in [1.54, 1.807) is 0 Å². The number of hydrogen-bond acceptors (Lipinski definition) is 3. The summed E-state index contributed by atoms with van der Waals surface area (Å²) in [6.07, 6.45) is 5.07. The Labute approximate surface area is 98.9 Å². The lowest BCUT2D eigenvalue weighted by Crippen LogP contribution is -2.56. The van der Waals surface area contributed by atoms with Crippen LogP contribution in [0.2, 0.25) is 0 Å². The van der Waals surface area contributed by atoms with Crippen molar-refractivity contribution in [2.75, 3.05) is 6.54 Å². The summed E-state index contributed by atoms with van der Waals surface area (Å²) in [5.41, 5.74) is -0.808. The minimum absolute atomic E-state index is 0.0680. The first-order chi connectivity index (χ1) is 7.40. The number of rotatable bonds is 3. The molecule has 1 rings (SSSR count). The number of nitrogens with one attached hydrogen (secondary N) is 1. The van der Waals surface area contributed by atoms with Crippen LogP contribution < -0.4 is 5.32 Å². The molecule has 1 atom stereocenters. The average molecular weight is 227 g/mol. The van der Waals surface area contributed by atoms with Gasteiger partial charge in [0.1, 0.15) is 11.1 Å². The van der Waals surface area contributed by atoms with Crippen molar-refractivity contribution < 1.29 is 9.53 Å². The summed E-state index contributed by atoms with van der Waals surface area (Å²) in [6.45, 7) is 8.82. The SMILES string of the molecule is CCCC1(C(=O)OC(C)(C)C)CCCCN1. The second-order valence-corrected chi connectivity index (χ2v) is 5.72. The van der Waals surface area contributed by atoms with E-state index in [1.165, 1.54) is 0 Å². The van der Waals surface area contributed by atoms with Gasteiger partial charge in [-0.05, 0) is 53.0 Å². The highest BCUT2D eigenvalue weighted by Gasteiger charge is 2.41. The van der Waals surface area contributed by atoms with Crippen molar-refractivity contribution in [1.29, 1.82) is 0 Å². The lowest BCUT2D eigenvalue weighted by molar-refractivity contribution is -0.165. The van der Waals surface area contributed by atoms with Crippen molar-refractivity contribution in [1.82, 2.24) is 5.32 Å². The van der Waals surface area contributed by atoms with Crippen molar-refractivity contribution in [3.05, 3.63) is 0 Å². The smallest absolute Gasteiger partial charge is 0.326 e. The fourth-order valence-corrected chi connectivity index (χ4v) is 2.26. The number of ether oxygens (including phenoxy) is 1. The summed E-state index contributed by atoms with van der Waals surface area (Å²) < 4.78 is 5.53. The van der Waals surface area contributed by atoms with Crippen molar-refractivity contribution in [3.8, 4) is 0 Å². The Morgan fingerprint density at radius 2 is 2.06 bits per heavy atom. The van der Waals surface area contributed by atoms with E-state index >= 15 is 0 Å². The highest BCUT2D eigenvalue weighted by Crippen LogP contribution is 2.27. The molecule has 0 spiro atoms. The van der Waals surface area contributed by atoms with Gasteiger partial charge in [-0.15, -0.1) is 0 Å². The van der Waals surface area contributed by atoms with Gasteiger partial charge in [0.2, 0.25) is 0 Å². The Hall–Kier alpha value is -0.570. The van der Waals surface area contributed by atoms with Crippen LogP contribution in [-0.4, -0.2) is 23.7 Å². The predicted molar refractivity (Wildman–Crippen MR) is 65.3 cm³/mol.